The molecule has 17 heavy (non-hydrogen) atoms. The summed E-state index contributed by atoms with van der Waals surface area (Å²) in [5.74, 6) is 0.756. The summed E-state index contributed by atoms with van der Waals surface area (Å²) in [4.78, 5) is 11.7. The molecular formula is C12H9BrN4. The molecule has 0 aliphatic heterocycles. The lowest BCUT2D eigenvalue weighted by Gasteiger charge is -2.03. The molecule has 5 heteroatoms. The predicted molar refractivity (Wildman–Crippen MR) is 71.4 cm³/mol. The Balaban J connectivity index is 2.24. The quantitative estimate of drug-likeness (QED) is 0.677. The van der Waals surface area contributed by atoms with Gasteiger partial charge >= 0.3 is 0 Å². The monoisotopic (exact) mass is 288 g/mol. The largest absolute Gasteiger partial charge is 0.397 e. The highest BCUT2D eigenvalue weighted by Gasteiger charge is 2.09. The first-order valence-electron chi connectivity index (χ1n) is 5.10. The van der Waals surface area contributed by atoms with Crippen LogP contribution in [-0.4, -0.2) is 15.0 Å². The molecule has 0 saturated heterocycles. The van der Waals surface area contributed by atoms with Crippen molar-refractivity contribution in [2.75, 3.05) is 5.73 Å². The number of benzene rings is 1. The number of para-hydroxylation sites is 1. The fraction of sp³-hybridized carbons (Fsp3) is 0. The second-order valence-electron chi connectivity index (χ2n) is 3.68. The molecule has 3 aromatic rings. The number of aromatic amines is 1. The molecule has 0 spiro atoms. The minimum atomic E-state index is 0.680. The smallest absolute Gasteiger partial charge is 0.140 e. The van der Waals surface area contributed by atoms with Crippen LogP contribution in [0.5, 0.6) is 0 Å². The molecule has 1 aromatic carbocycles. The van der Waals surface area contributed by atoms with E-state index in [1.165, 1.54) is 0 Å². The van der Waals surface area contributed by atoms with Gasteiger partial charge in [0.1, 0.15) is 5.82 Å². The van der Waals surface area contributed by atoms with Crippen molar-refractivity contribution < 1.29 is 0 Å². The van der Waals surface area contributed by atoms with Gasteiger partial charge in [-0.1, -0.05) is 6.07 Å². The Hall–Kier alpha value is -1.88. The number of nitrogen functional groups attached to an aromatic ring is 1. The first-order valence-corrected chi connectivity index (χ1v) is 5.89. The fourth-order valence-corrected chi connectivity index (χ4v) is 2.09. The molecule has 0 radical (unpaired) electrons. The van der Waals surface area contributed by atoms with E-state index in [0.717, 1.165) is 26.9 Å². The van der Waals surface area contributed by atoms with Crippen LogP contribution in [0, 0.1) is 0 Å². The number of halogens is 1. The number of hydrogen-bond acceptors (Lipinski definition) is 3. The van der Waals surface area contributed by atoms with E-state index in [0.29, 0.717) is 5.69 Å². The lowest BCUT2D eigenvalue weighted by atomic mass is 10.2. The molecule has 0 fully saturated rings. The van der Waals surface area contributed by atoms with Gasteiger partial charge in [-0.25, -0.2) is 4.98 Å². The molecule has 84 valence electrons. The van der Waals surface area contributed by atoms with Crippen molar-refractivity contribution in [3.8, 4) is 11.4 Å². The van der Waals surface area contributed by atoms with Gasteiger partial charge in [-0.3, -0.25) is 4.98 Å². The fourth-order valence-electron chi connectivity index (χ4n) is 1.73. The summed E-state index contributed by atoms with van der Waals surface area (Å²) in [5.41, 5.74) is 9.37. The van der Waals surface area contributed by atoms with Gasteiger partial charge in [0.05, 0.1) is 22.9 Å². The maximum absolute atomic E-state index is 6.01. The molecule has 0 atom stereocenters. The second kappa shape index (κ2) is 3.85. The molecule has 2 heterocycles. The first kappa shape index (κ1) is 10.3. The van der Waals surface area contributed by atoms with E-state index >= 15 is 0 Å². The van der Waals surface area contributed by atoms with E-state index in [4.69, 9.17) is 5.73 Å². The molecule has 0 saturated carbocycles. The first-order chi connectivity index (χ1) is 8.25. The minimum absolute atomic E-state index is 0.680. The number of anilines is 1. The molecule has 3 rings (SSSR count). The summed E-state index contributed by atoms with van der Waals surface area (Å²) < 4.78 is 0.869. The topological polar surface area (TPSA) is 67.6 Å². The minimum Gasteiger partial charge on any atom is -0.397 e. The third kappa shape index (κ3) is 1.68. The highest BCUT2D eigenvalue weighted by atomic mass is 79.9. The van der Waals surface area contributed by atoms with E-state index in [2.05, 4.69) is 30.9 Å². The van der Waals surface area contributed by atoms with Crippen LogP contribution in [0.15, 0.2) is 41.1 Å². The normalized spacial score (nSPS) is 10.9. The third-order valence-electron chi connectivity index (χ3n) is 2.59. The molecule has 0 aliphatic carbocycles. The van der Waals surface area contributed by atoms with Crippen LogP contribution in [0.1, 0.15) is 0 Å². The zero-order chi connectivity index (χ0) is 11.8. The highest BCUT2D eigenvalue weighted by Crippen LogP contribution is 2.30. The number of aromatic nitrogens is 3. The summed E-state index contributed by atoms with van der Waals surface area (Å²) >= 11 is 3.41. The molecule has 0 aliphatic rings. The van der Waals surface area contributed by atoms with Gasteiger partial charge in [0, 0.05) is 16.2 Å². The van der Waals surface area contributed by atoms with Crippen LogP contribution in [-0.2, 0) is 0 Å². The maximum Gasteiger partial charge on any atom is 0.140 e. The van der Waals surface area contributed by atoms with Crippen molar-refractivity contribution in [2.24, 2.45) is 0 Å². The van der Waals surface area contributed by atoms with Crippen LogP contribution in [0.25, 0.3) is 22.4 Å². The zero-order valence-corrected chi connectivity index (χ0v) is 10.4. The van der Waals surface area contributed by atoms with Crippen LogP contribution in [0.3, 0.4) is 0 Å². The number of hydrogen-bond donors (Lipinski definition) is 2. The van der Waals surface area contributed by atoms with Crippen molar-refractivity contribution in [3.63, 3.8) is 0 Å². The van der Waals surface area contributed by atoms with Gasteiger partial charge in [0.25, 0.3) is 0 Å². The number of fused-ring (bicyclic) bond motifs is 1. The number of nitrogens with two attached hydrogens (primary N) is 1. The molecular weight excluding hydrogens is 280 g/mol. The molecule has 0 bridgehead atoms. The van der Waals surface area contributed by atoms with Gasteiger partial charge in [-0.15, -0.1) is 0 Å². The Morgan fingerprint density at radius 3 is 2.94 bits per heavy atom. The van der Waals surface area contributed by atoms with Gasteiger partial charge in [-0.05, 0) is 34.1 Å². The summed E-state index contributed by atoms with van der Waals surface area (Å²) in [6, 6.07) is 7.64. The maximum atomic E-state index is 6.01. The van der Waals surface area contributed by atoms with Crippen molar-refractivity contribution in [1.82, 2.24) is 15.0 Å². The van der Waals surface area contributed by atoms with Crippen LogP contribution < -0.4 is 5.73 Å². The molecule has 2 aromatic heterocycles. The summed E-state index contributed by atoms with van der Waals surface area (Å²) in [5, 5.41) is 0. The van der Waals surface area contributed by atoms with E-state index in [1.807, 2.05) is 24.3 Å². The van der Waals surface area contributed by atoms with E-state index in [1.54, 1.807) is 12.4 Å². The van der Waals surface area contributed by atoms with Crippen molar-refractivity contribution in [3.05, 3.63) is 41.1 Å². The third-order valence-corrected chi connectivity index (χ3v) is 3.28. The van der Waals surface area contributed by atoms with Crippen molar-refractivity contribution in [2.45, 2.75) is 0 Å². The Kier molecular flexibility index (Phi) is 2.33. The number of nitrogens with one attached hydrogen (secondary N) is 1. The van der Waals surface area contributed by atoms with E-state index in [-0.39, 0.29) is 0 Å². The van der Waals surface area contributed by atoms with Gasteiger partial charge in [0.15, 0.2) is 0 Å². The molecule has 3 N–H and O–H groups in total. The average Bonchev–Trinajstić information content (AvgIpc) is 2.76. The zero-order valence-electron chi connectivity index (χ0n) is 8.81. The van der Waals surface area contributed by atoms with Crippen LogP contribution >= 0.6 is 15.9 Å². The number of pyridine rings is 1. The van der Waals surface area contributed by atoms with Gasteiger partial charge < -0.3 is 10.7 Å². The van der Waals surface area contributed by atoms with Crippen LogP contribution in [0.2, 0.25) is 0 Å². The number of nitrogens with zero attached hydrogens (tertiary/aromatic N) is 2. The second-order valence-corrected chi connectivity index (χ2v) is 4.53. The Morgan fingerprint density at radius 2 is 2.12 bits per heavy atom. The Morgan fingerprint density at radius 1 is 1.24 bits per heavy atom. The van der Waals surface area contributed by atoms with E-state index in [9.17, 15) is 0 Å². The average molecular weight is 289 g/mol. The predicted octanol–water partition coefficient (Wildman–Crippen LogP) is 2.97. The lowest BCUT2D eigenvalue weighted by molar-refractivity contribution is 1.32. The van der Waals surface area contributed by atoms with Gasteiger partial charge in [0.2, 0.25) is 0 Å². The van der Waals surface area contributed by atoms with Crippen molar-refractivity contribution in [1.29, 1.82) is 0 Å². The van der Waals surface area contributed by atoms with E-state index < -0.39 is 0 Å². The summed E-state index contributed by atoms with van der Waals surface area (Å²) in [7, 11) is 0. The molecule has 4 nitrogen and oxygen atoms in total. The molecule has 0 unspecified atom stereocenters. The summed E-state index contributed by atoms with van der Waals surface area (Å²) in [6.07, 6.45) is 3.47. The van der Waals surface area contributed by atoms with Crippen molar-refractivity contribution >= 4 is 32.7 Å². The molecule has 0 amide bonds. The lowest BCUT2D eigenvalue weighted by Crippen LogP contribution is -1.92. The van der Waals surface area contributed by atoms with Gasteiger partial charge in [-0.2, -0.15) is 0 Å². The Labute approximate surface area is 106 Å². The number of rotatable bonds is 1. The number of H-pyrrole nitrogens is 1. The number of imidazole rings is 1. The SMILES string of the molecule is Nc1c(Br)cccc1-c1nc2ccncc2[nH]1. The summed E-state index contributed by atoms with van der Waals surface area (Å²) in [6.45, 7) is 0. The van der Waals surface area contributed by atoms with Crippen LogP contribution in [0.4, 0.5) is 5.69 Å². The Bertz CT molecular complexity index is 657. The standard InChI is InChI=1S/C12H9BrN4/c13-8-3-1-2-7(11(8)14)12-16-9-4-5-15-6-10(9)17-12/h1-6H,14H2,(H,16,17). The highest BCUT2D eigenvalue weighted by molar-refractivity contribution is 9.10.